The van der Waals surface area contributed by atoms with Gasteiger partial charge in [0.1, 0.15) is 18.2 Å². The van der Waals surface area contributed by atoms with Crippen molar-refractivity contribution in [3.05, 3.63) is 52.3 Å². The number of fused-ring (bicyclic) bond motifs is 2. The summed E-state index contributed by atoms with van der Waals surface area (Å²) in [6.07, 6.45) is 0. The van der Waals surface area contributed by atoms with Gasteiger partial charge in [0.25, 0.3) is 5.91 Å². The minimum absolute atomic E-state index is 0.0873. The van der Waals surface area contributed by atoms with Gasteiger partial charge in [0.05, 0.1) is 22.4 Å². The van der Waals surface area contributed by atoms with Crippen LogP contribution in [0.1, 0.15) is 17.3 Å². The summed E-state index contributed by atoms with van der Waals surface area (Å²) < 4.78 is 44.9. The van der Waals surface area contributed by atoms with Crippen LogP contribution in [0, 0.1) is 11.6 Å². The maximum absolute atomic E-state index is 13.9. The van der Waals surface area contributed by atoms with Gasteiger partial charge in [0.2, 0.25) is 6.79 Å². The van der Waals surface area contributed by atoms with Gasteiger partial charge in [-0.25, -0.2) is 8.78 Å². The molecule has 0 saturated carbocycles. The molecular weight excluding hydrogens is 406 g/mol. The van der Waals surface area contributed by atoms with Crippen LogP contribution in [0.15, 0.2) is 35.3 Å². The van der Waals surface area contributed by atoms with Crippen molar-refractivity contribution in [2.75, 3.05) is 13.4 Å². The number of halogens is 2. The molecule has 1 aliphatic rings. The second-order valence-electron chi connectivity index (χ2n) is 5.99. The molecule has 7 nitrogen and oxygen atoms in total. The van der Waals surface area contributed by atoms with E-state index in [1.165, 1.54) is 4.57 Å². The molecule has 0 spiro atoms. The van der Waals surface area contributed by atoms with Gasteiger partial charge in [-0.05, 0) is 19.1 Å². The molecule has 0 atom stereocenters. The molecule has 1 aliphatic heterocycles. The molecule has 29 heavy (non-hydrogen) atoms. The van der Waals surface area contributed by atoms with E-state index in [1.54, 1.807) is 19.1 Å². The molecule has 3 aromatic rings. The van der Waals surface area contributed by atoms with Crippen molar-refractivity contribution in [3.63, 3.8) is 0 Å². The van der Waals surface area contributed by atoms with Crippen molar-refractivity contribution in [1.29, 1.82) is 0 Å². The SMILES string of the molecule is CCOC(=O)Cn1c(=NC(=O)c2ccc(F)cc2F)sc2cc3c(cc21)OCO3. The predicted octanol–water partition coefficient (Wildman–Crippen LogP) is 3.01. The van der Waals surface area contributed by atoms with Crippen molar-refractivity contribution in [2.45, 2.75) is 13.5 Å². The third-order valence-corrected chi connectivity index (χ3v) is 5.17. The molecule has 2 heterocycles. The average Bonchev–Trinajstić information content (AvgIpc) is 3.24. The van der Waals surface area contributed by atoms with Gasteiger partial charge in [-0.3, -0.25) is 9.59 Å². The number of hydrogen-bond donors (Lipinski definition) is 0. The van der Waals surface area contributed by atoms with E-state index in [2.05, 4.69) is 4.99 Å². The Labute approximate surface area is 166 Å². The molecule has 10 heteroatoms. The fourth-order valence-electron chi connectivity index (χ4n) is 2.84. The Morgan fingerprint density at radius 2 is 1.97 bits per heavy atom. The first-order valence-corrected chi connectivity index (χ1v) is 9.40. The molecule has 0 bridgehead atoms. The van der Waals surface area contributed by atoms with Crippen LogP contribution in [0.2, 0.25) is 0 Å². The molecular formula is C19H14F2N2O5S. The Morgan fingerprint density at radius 3 is 2.69 bits per heavy atom. The maximum atomic E-state index is 13.9. The van der Waals surface area contributed by atoms with Crippen LogP contribution in [0.4, 0.5) is 8.78 Å². The summed E-state index contributed by atoms with van der Waals surface area (Å²) in [7, 11) is 0. The maximum Gasteiger partial charge on any atom is 0.326 e. The molecule has 2 aromatic carbocycles. The van der Waals surface area contributed by atoms with Crippen LogP contribution in [0.25, 0.3) is 10.2 Å². The van der Waals surface area contributed by atoms with Gasteiger partial charge in [0, 0.05) is 18.2 Å². The van der Waals surface area contributed by atoms with Gasteiger partial charge in [-0.15, -0.1) is 0 Å². The largest absolute Gasteiger partial charge is 0.465 e. The number of carbonyl (C=O) groups is 2. The summed E-state index contributed by atoms with van der Waals surface area (Å²) in [6, 6.07) is 6.00. The standard InChI is InChI=1S/C19H14F2N2O5S/c1-2-26-17(24)8-23-13-6-14-15(28-9-27-14)7-16(13)29-19(23)22-18(25)11-4-3-10(20)5-12(11)21/h3-7H,2,8-9H2,1H3. The Hall–Kier alpha value is -3.27. The summed E-state index contributed by atoms with van der Waals surface area (Å²) in [5.74, 6) is -2.20. The number of ether oxygens (including phenoxy) is 3. The summed E-state index contributed by atoms with van der Waals surface area (Å²) in [4.78, 5) is 28.7. The average molecular weight is 420 g/mol. The van der Waals surface area contributed by atoms with Gasteiger partial charge >= 0.3 is 5.97 Å². The number of thiazole rings is 1. The number of carbonyl (C=O) groups excluding carboxylic acids is 2. The number of nitrogens with zero attached hydrogens (tertiary/aromatic N) is 2. The van der Waals surface area contributed by atoms with Crippen LogP contribution in [0.3, 0.4) is 0 Å². The molecule has 1 amide bonds. The Balaban J connectivity index is 1.84. The lowest BCUT2D eigenvalue weighted by Crippen LogP contribution is -2.23. The summed E-state index contributed by atoms with van der Waals surface area (Å²) in [5, 5.41) is 0. The van der Waals surface area contributed by atoms with E-state index in [9.17, 15) is 18.4 Å². The minimum atomic E-state index is -1.02. The van der Waals surface area contributed by atoms with E-state index in [4.69, 9.17) is 14.2 Å². The number of rotatable bonds is 4. The molecule has 0 radical (unpaired) electrons. The predicted molar refractivity (Wildman–Crippen MR) is 98.8 cm³/mol. The number of benzene rings is 2. The van der Waals surface area contributed by atoms with E-state index in [0.29, 0.717) is 27.8 Å². The van der Waals surface area contributed by atoms with Crippen LogP contribution in [-0.4, -0.2) is 29.8 Å². The van der Waals surface area contributed by atoms with Crippen molar-refractivity contribution in [1.82, 2.24) is 4.57 Å². The van der Waals surface area contributed by atoms with Gasteiger partial charge in [-0.1, -0.05) is 11.3 Å². The molecule has 0 fully saturated rings. The fraction of sp³-hybridized carbons (Fsp3) is 0.211. The highest BCUT2D eigenvalue weighted by atomic mass is 32.1. The zero-order valence-electron chi connectivity index (χ0n) is 15.1. The van der Waals surface area contributed by atoms with Crippen LogP contribution in [0.5, 0.6) is 11.5 Å². The quantitative estimate of drug-likeness (QED) is 0.607. The van der Waals surface area contributed by atoms with E-state index < -0.39 is 23.5 Å². The highest BCUT2D eigenvalue weighted by molar-refractivity contribution is 7.16. The second kappa shape index (κ2) is 7.63. The smallest absolute Gasteiger partial charge is 0.326 e. The first-order chi connectivity index (χ1) is 14.0. The zero-order valence-corrected chi connectivity index (χ0v) is 15.9. The third-order valence-electron chi connectivity index (χ3n) is 4.13. The third kappa shape index (κ3) is 3.70. The Morgan fingerprint density at radius 1 is 1.21 bits per heavy atom. The summed E-state index contributed by atoms with van der Waals surface area (Å²) >= 11 is 1.12. The van der Waals surface area contributed by atoms with Crippen LogP contribution < -0.4 is 14.3 Å². The van der Waals surface area contributed by atoms with Crippen molar-refractivity contribution in [3.8, 4) is 11.5 Å². The van der Waals surface area contributed by atoms with E-state index in [0.717, 1.165) is 23.5 Å². The highest BCUT2D eigenvalue weighted by Crippen LogP contribution is 2.37. The van der Waals surface area contributed by atoms with Crippen molar-refractivity contribution >= 4 is 33.4 Å². The summed E-state index contributed by atoms with van der Waals surface area (Å²) in [5.41, 5.74) is 0.208. The first-order valence-electron chi connectivity index (χ1n) is 8.59. The lowest BCUT2D eigenvalue weighted by atomic mass is 10.2. The van der Waals surface area contributed by atoms with Gasteiger partial charge < -0.3 is 18.8 Å². The fourth-order valence-corrected chi connectivity index (χ4v) is 3.88. The number of aromatic nitrogens is 1. The van der Waals surface area contributed by atoms with E-state index in [-0.39, 0.29) is 30.3 Å². The number of hydrogen-bond acceptors (Lipinski definition) is 6. The van der Waals surface area contributed by atoms with Gasteiger partial charge in [0.15, 0.2) is 16.3 Å². The molecule has 0 saturated heterocycles. The molecule has 4 rings (SSSR count). The topological polar surface area (TPSA) is 79.1 Å². The first kappa shape index (κ1) is 19.1. The van der Waals surface area contributed by atoms with Crippen LogP contribution in [-0.2, 0) is 16.1 Å². The monoisotopic (exact) mass is 420 g/mol. The van der Waals surface area contributed by atoms with E-state index in [1.807, 2.05) is 0 Å². The second-order valence-corrected chi connectivity index (χ2v) is 7.00. The lowest BCUT2D eigenvalue weighted by molar-refractivity contribution is -0.143. The lowest BCUT2D eigenvalue weighted by Gasteiger charge is -2.06. The van der Waals surface area contributed by atoms with Crippen molar-refractivity contribution in [2.24, 2.45) is 4.99 Å². The molecule has 0 unspecified atom stereocenters. The Kier molecular flexibility index (Phi) is 5.01. The molecule has 0 aliphatic carbocycles. The summed E-state index contributed by atoms with van der Waals surface area (Å²) in [6.45, 7) is 1.76. The number of amides is 1. The zero-order chi connectivity index (χ0) is 20.5. The highest BCUT2D eigenvalue weighted by Gasteiger charge is 2.20. The Bertz CT molecular complexity index is 1200. The van der Waals surface area contributed by atoms with Crippen LogP contribution >= 0.6 is 11.3 Å². The van der Waals surface area contributed by atoms with Gasteiger partial charge in [-0.2, -0.15) is 4.99 Å². The number of esters is 1. The molecule has 1 aromatic heterocycles. The molecule has 0 N–H and O–H groups in total. The molecule has 150 valence electrons. The minimum Gasteiger partial charge on any atom is -0.465 e. The van der Waals surface area contributed by atoms with Crippen molar-refractivity contribution < 1.29 is 32.6 Å². The van der Waals surface area contributed by atoms with E-state index >= 15 is 0 Å². The normalized spacial score (nSPS) is 13.1.